The van der Waals surface area contributed by atoms with Gasteiger partial charge in [-0.15, -0.1) is 12.4 Å². The number of hydrogen-bond acceptors (Lipinski definition) is 3. The lowest BCUT2D eigenvalue weighted by atomic mass is 10.2. The van der Waals surface area contributed by atoms with Crippen LogP contribution in [0.1, 0.15) is 5.56 Å². The van der Waals surface area contributed by atoms with Gasteiger partial charge in [-0.2, -0.15) is 13.2 Å². The van der Waals surface area contributed by atoms with Crippen LogP contribution >= 0.6 is 12.4 Å². The molecule has 0 aliphatic rings. The molecule has 0 atom stereocenters. The molecule has 10 heteroatoms. The molecule has 0 heterocycles. The van der Waals surface area contributed by atoms with Crippen LogP contribution in [0, 0.1) is 5.82 Å². The number of rotatable bonds is 5. The maximum atomic E-state index is 13.0. The molecule has 0 aromatic heterocycles. The molecule has 0 aliphatic heterocycles. The molecule has 0 bridgehead atoms. The van der Waals surface area contributed by atoms with E-state index in [-0.39, 0.29) is 25.0 Å². The van der Waals surface area contributed by atoms with E-state index in [9.17, 15) is 26.0 Å². The van der Waals surface area contributed by atoms with E-state index in [2.05, 4.69) is 10.0 Å². The topological polar surface area (TPSA) is 58.2 Å². The highest BCUT2D eigenvalue weighted by Gasteiger charge is 2.35. The molecule has 4 nitrogen and oxygen atoms in total. The van der Waals surface area contributed by atoms with Gasteiger partial charge in [0.1, 0.15) is 5.82 Å². The summed E-state index contributed by atoms with van der Waals surface area (Å²) >= 11 is 0. The van der Waals surface area contributed by atoms with Gasteiger partial charge >= 0.3 is 6.18 Å². The fraction of sp³-hybridized carbons (Fsp3) is 0.400. The number of halogens is 5. The van der Waals surface area contributed by atoms with Crippen molar-refractivity contribution in [2.45, 2.75) is 11.1 Å². The number of benzene rings is 1. The summed E-state index contributed by atoms with van der Waals surface area (Å²) in [6.45, 7) is 0.324. The van der Waals surface area contributed by atoms with E-state index >= 15 is 0 Å². The summed E-state index contributed by atoms with van der Waals surface area (Å²) in [5, 5.41) is 2.67. The molecule has 1 rings (SSSR count). The molecule has 0 unspecified atom stereocenters. The summed E-state index contributed by atoms with van der Waals surface area (Å²) in [6.07, 6.45) is -4.94. The zero-order valence-corrected chi connectivity index (χ0v) is 11.9. The predicted octanol–water partition coefficient (Wildman–Crippen LogP) is 1.76. The monoisotopic (exact) mass is 336 g/mol. The third-order valence-corrected chi connectivity index (χ3v) is 3.68. The molecule has 2 N–H and O–H groups in total. The number of sulfonamides is 1. The first-order chi connectivity index (χ1) is 8.68. The summed E-state index contributed by atoms with van der Waals surface area (Å²) in [7, 11) is -2.50. The van der Waals surface area contributed by atoms with Crippen molar-refractivity contribution in [1.29, 1.82) is 0 Å². The molecule has 0 fully saturated rings. The second-order valence-electron chi connectivity index (χ2n) is 3.64. The summed E-state index contributed by atoms with van der Waals surface area (Å²) in [4.78, 5) is -0.627. The fourth-order valence-electron chi connectivity index (χ4n) is 1.28. The minimum absolute atomic E-state index is 0. The lowest BCUT2D eigenvalue weighted by molar-refractivity contribution is -0.140. The van der Waals surface area contributed by atoms with Crippen molar-refractivity contribution in [3.63, 3.8) is 0 Å². The van der Waals surface area contributed by atoms with E-state index < -0.39 is 32.5 Å². The smallest absolute Gasteiger partial charge is 0.318 e. The Bertz CT molecular complexity index is 549. The highest BCUT2D eigenvalue weighted by Crippen LogP contribution is 2.32. The Balaban J connectivity index is 0.00000361. The van der Waals surface area contributed by atoms with Crippen LogP contribution in [0.5, 0.6) is 0 Å². The Morgan fingerprint density at radius 3 is 2.30 bits per heavy atom. The molecule has 1 aromatic carbocycles. The quantitative estimate of drug-likeness (QED) is 0.636. The van der Waals surface area contributed by atoms with Gasteiger partial charge in [0.15, 0.2) is 0 Å². The Hall–Kier alpha value is -0.900. The van der Waals surface area contributed by atoms with Gasteiger partial charge in [-0.25, -0.2) is 17.5 Å². The van der Waals surface area contributed by atoms with E-state index in [1.54, 1.807) is 7.05 Å². The molecule has 0 aliphatic carbocycles. The highest BCUT2D eigenvalue weighted by atomic mass is 35.5. The standard InChI is InChI=1S/C10H12F4N2O2S.ClH/c1-15-4-5-16-19(17,18)7-2-3-9(11)8(6-7)10(12,13)14;/h2-3,6,15-16H,4-5H2,1H3;1H. The molecule has 0 radical (unpaired) electrons. The lowest BCUT2D eigenvalue weighted by Crippen LogP contribution is -2.30. The predicted molar refractivity (Wildman–Crippen MR) is 67.8 cm³/mol. The Kier molecular flexibility index (Phi) is 6.88. The molecule has 116 valence electrons. The van der Waals surface area contributed by atoms with Gasteiger partial charge in [0.05, 0.1) is 10.5 Å². The molecule has 1 aromatic rings. The molecule has 0 amide bonds. The second kappa shape index (κ2) is 7.21. The van der Waals surface area contributed by atoms with Gasteiger partial charge in [0.2, 0.25) is 10.0 Å². The first-order valence-electron chi connectivity index (χ1n) is 5.19. The van der Waals surface area contributed by atoms with Crippen molar-refractivity contribution in [2.24, 2.45) is 0 Å². The van der Waals surface area contributed by atoms with Crippen molar-refractivity contribution in [2.75, 3.05) is 20.1 Å². The molecule has 20 heavy (non-hydrogen) atoms. The molecule has 0 saturated carbocycles. The third kappa shape index (κ3) is 4.89. The van der Waals surface area contributed by atoms with E-state index in [1.165, 1.54) is 0 Å². The van der Waals surface area contributed by atoms with Gasteiger partial charge in [-0.3, -0.25) is 0 Å². The van der Waals surface area contributed by atoms with Crippen LogP contribution in [0.25, 0.3) is 0 Å². The Labute approximate surface area is 120 Å². The normalized spacial score (nSPS) is 12.1. The van der Waals surface area contributed by atoms with Crippen molar-refractivity contribution in [3.05, 3.63) is 29.6 Å². The van der Waals surface area contributed by atoms with Gasteiger partial charge in [0, 0.05) is 13.1 Å². The van der Waals surface area contributed by atoms with Crippen LogP contribution in [-0.4, -0.2) is 28.6 Å². The number of nitrogens with one attached hydrogen (secondary N) is 2. The molecule has 0 spiro atoms. The zero-order chi connectivity index (χ0) is 14.7. The average Bonchev–Trinajstić information content (AvgIpc) is 2.27. The average molecular weight is 337 g/mol. The maximum absolute atomic E-state index is 13.0. The largest absolute Gasteiger partial charge is 0.419 e. The van der Waals surface area contributed by atoms with E-state index in [4.69, 9.17) is 0 Å². The number of alkyl halides is 3. The molecular formula is C10H13ClF4N2O2S. The maximum Gasteiger partial charge on any atom is 0.419 e. The van der Waals surface area contributed by atoms with Crippen molar-refractivity contribution < 1.29 is 26.0 Å². The summed E-state index contributed by atoms with van der Waals surface area (Å²) in [6, 6.07) is 1.54. The van der Waals surface area contributed by atoms with Crippen molar-refractivity contribution >= 4 is 22.4 Å². The van der Waals surface area contributed by atoms with E-state index in [0.29, 0.717) is 12.6 Å². The summed E-state index contributed by atoms with van der Waals surface area (Å²) < 4.78 is 75.8. The van der Waals surface area contributed by atoms with E-state index in [1.807, 2.05) is 0 Å². The minimum atomic E-state index is -4.94. The van der Waals surface area contributed by atoms with Crippen molar-refractivity contribution in [1.82, 2.24) is 10.0 Å². The summed E-state index contributed by atoms with van der Waals surface area (Å²) in [5.41, 5.74) is -1.61. The number of likely N-dealkylation sites (N-methyl/N-ethyl adjacent to an activating group) is 1. The first-order valence-corrected chi connectivity index (χ1v) is 6.68. The van der Waals surface area contributed by atoms with Crippen LogP contribution in [0.2, 0.25) is 0 Å². The number of hydrogen-bond donors (Lipinski definition) is 2. The second-order valence-corrected chi connectivity index (χ2v) is 5.41. The van der Waals surface area contributed by atoms with Gasteiger partial charge in [0.25, 0.3) is 0 Å². The van der Waals surface area contributed by atoms with E-state index in [0.717, 1.165) is 6.07 Å². The van der Waals surface area contributed by atoms with Crippen LogP contribution in [-0.2, 0) is 16.2 Å². The van der Waals surface area contributed by atoms with Crippen LogP contribution in [0.4, 0.5) is 17.6 Å². The third-order valence-electron chi connectivity index (χ3n) is 2.22. The fourth-order valence-corrected chi connectivity index (χ4v) is 2.34. The first kappa shape index (κ1) is 19.1. The zero-order valence-electron chi connectivity index (χ0n) is 10.3. The molecule has 0 saturated heterocycles. The minimum Gasteiger partial charge on any atom is -0.318 e. The Morgan fingerprint density at radius 2 is 1.80 bits per heavy atom. The lowest BCUT2D eigenvalue weighted by Gasteiger charge is -2.11. The highest BCUT2D eigenvalue weighted by molar-refractivity contribution is 7.89. The van der Waals surface area contributed by atoms with Crippen molar-refractivity contribution in [3.8, 4) is 0 Å². The van der Waals surface area contributed by atoms with Crippen LogP contribution < -0.4 is 10.0 Å². The van der Waals surface area contributed by atoms with Gasteiger partial charge in [-0.05, 0) is 25.2 Å². The Morgan fingerprint density at radius 1 is 1.20 bits per heavy atom. The summed E-state index contributed by atoms with van der Waals surface area (Å²) in [5.74, 6) is -1.51. The SMILES string of the molecule is CNCCNS(=O)(=O)c1ccc(F)c(C(F)(F)F)c1.Cl. The molecular weight excluding hydrogens is 324 g/mol. The van der Waals surface area contributed by atoms with Crippen LogP contribution in [0.15, 0.2) is 23.1 Å². The van der Waals surface area contributed by atoms with Gasteiger partial charge < -0.3 is 5.32 Å². The van der Waals surface area contributed by atoms with Gasteiger partial charge in [-0.1, -0.05) is 0 Å². The van der Waals surface area contributed by atoms with Crippen LogP contribution in [0.3, 0.4) is 0 Å².